The Hall–Kier alpha value is -2.04. The predicted octanol–water partition coefficient (Wildman–Crippen LogP) is 0.144. The summed E-state index contributed by atoms with van der Waals surface area (Å²) in [7, 11) is 0. The molecule has 3 N–H and O–H groups in total. The minimum atomic E-state index is -0.298. The summed E-state index contributed by atoms with van der Waals surface area (Å²) < 4.78 is 0. The van der Waals surface area contributed by atoms with Crippen LogP contribution in [0.4, 0.5) is 0 Å². The molecule has 1 saturated heterocycles. The van der Waals surface area contributed by atoms with Gasteiger partial charge in [-0.1, -0.05) is 18.2 Å². The Labute approximate surface area is 98.8 Å². The summed E-state index contributed by atoms with van der Waals surface area (Å²) in [5, 5.41) is 14.8. The molecule has 1 unspecified atom stereocenters. The van der Waals surface area contributed by atoms with Gasteiger partial charge in [0.2, 0.25) is 11.8 Å². The summed E-state index contributed by atoms with van der Waals surface area (Å²) in [5.74, 6) is -0.388. The van der Waals surface area contributed by atoms with Crippen LogP contribution in [0.2, 0.25) is 0 Å². The maximum Gasteiger partial charge on any atom is 0.225 e. The summed E-state index contributed by atoms with van der Waals surface area (Å²) in [5.41, 5.74) is 0.665. The van der Waals surface area contributed by atoms with Gasteiger partial charge in [-0.05, 0) is 6.07 Å². The average molecular weight is 234 g/mol. The molecular weight excluding hydrogens is 220 g/mol. The number of phenols is 1. The summed E-state index contributed by atoms with van der Waals surface area (Å²) in [6.07, 6.45) is 0.243. The van der Waals surface area contributed by atoms with Crippen molar-refractivity contribution in [3.8, 4) is 5.75 Å². The van der Waals surface area contributed by atoms with E-state index in [0.29, 0.717) is 12.1 Å². The Balaban J connectivity index is 1.88. The Kier molecular flexibility index (Phi) is 3.27. The van der Waals surface area contributed by atoms with Crippen LogP contribution in [0.3, 0.4) is 0 Å². The number of aromatic hydroxyl groups is 1. The van der Waals surface area contributed by atoms with E-state index in [4.69, 9.17) is 0 Å². The van der Waals surface area contributed by atoms with Gasteiger partial charge in [0.05, 0.1) is 5.92 Å². The van der Waals surface area contributed by atoms with E-state index in [1.165, 1.54) is 0 Å². The summed E-state index contributed by atoms with van der Waals surface area (Å²) in [4.78, 5) is 22.6. The normalized spacial score (nSPS) is 18.8. The second kappa shape index (κ2) is 4.86. The van der Waals surface area contributed by atoms with Gasteiger partial charge in [-0.3, -0.25) is 9.59 Å². The number of para-hydroxylation sites is 1. The number of rotatable bonds is 3. The number of carbonyl (C=O) groups excluding carboxylic acids is 2. The zero-order valence-corrected chi connectivity index (χ0v) is 9.27. The second-order valence-electron chi connectivity index (χ2n) is 4.05. The fourth-order valence-corrected chi connectivity index (χ4v) is 1.78. The van der Waals surface area contributed by atoms with Gasteiger partial charge >= 0.3 is 0 Å². The van der Waals surface area contributed by atoms with Crippen LogP contribution in [0, 0.1) is 5.92 Å². The first-order chi connectivity index (χ1) is 8.16. The molecule has 0 radical (unpaired) electrons. The monoisotopic (exact) mass is 234 g/mol. The number of amides is 2. The molecule has 1 aromatic carbocycles. The molecule has 90 valence electrons. The molecule has 2 rings (SSSR count). The van der Waals surface area contributed by atoms with Crippen molar-refractivity contribution in [1.82, 2.24) is 10.6 Å². The minimum Gasteiger partial charge on any atom is -0.508 e. The topological polar surface area (TPSA) is 78.4 Å². The maximum absolute atomic E-state index is 11.7. The van der Waals surface area contributed by atoms with Crippen molar-refractivity contribution in [2.75, 3.05) is 6.54 Å². The molecule has 1 atom stereocenters. The van der Waals surface area contributed by atoms with Crippen molar-refractivity contribution in [3.63, 3.8) is 0 Å². The lowest BCUT2D eigenvalue weighted by Crippen LogP contribution is -2.31. The highest BCUT2D eigenvalue weighted by Crippen LogP contribution is 2.15. The van der Waals surface area contributed by atoms with Gasteiger partial charge in [0.25, 0.3) is 0 Å². The summed E-state index contributed by atoms with van der Waals surface area (Å²) in [6, 6.07) is 6.83. The zero-order valence-electron chi connectivity index (χ0n) is 9.27. The van der Waals surface area contributed by atoms with Crippen LogP contribution >= 0.6 is 0 Å². The molecular formula is C12H14N2O3. The average Bonchev–Trinajstić information content (AvgIpc) is 2.74. The molecule has 17 heavy (non-hydrogen) atoms. The number of carbonyl (C=O) groups is 2. The number of hydrogen-bond donors (Lipinski definition) is 3. The van der Waals surface area contributed by atoms with E-state index in [9.17, 15) is 14.7 Å². The molecule has 5 nitrogen and oxygen atoms in total. The van der Waals surface area contributed by atoms with Crippen molar-refractivity contribution < 1.29 is 14.7 Å². The molecule has 0 aromatic heterocycles. The van der Waals surface area contributed by atoms with Gasteiger partial charge in [-0.15, -0.1) is 0 Å². The molecule has 1 heterocycles. The lowest BCUT2D eigenvalue weighted by Gasteiger charge is -2.09. The lowest BCUT2D eigenvalue weighted by molar-refractivity contribution is -0.126. The summed E-state index contributed by atoms with van der Waals surface area (Å²) >= 11 is 0. The quantitative estimate of drug-likeness (QED) is 0.696. The Morgan fingerprint density at radius 3 is 2.88 bits per heavy atom. The number of phenolic OH excluding ortho intramolecular Hbond substituents is 1. The van der Waals surface area contributed by atoms with Gasteiger partial charge in [-0.2, -0.15) is 0 Å². The van der Waals surface area contributed by atoms with Crippen molar-refractivity contribution >= 4 is 11.8 Å². The van der Waals surface area contributed by atoms with E-state index in [-0.39, 0.29) is 36.4 Å². The first-order valence-electron chi connectivity index (χ1n) is 5.48. The zero-order chi connectivity index (χ0) is 12.3. The van der Waals surface area contributed by atoms with Gasteiger partial charge in [0, 0.05) is 25.1 Å². The van der Waals surface area contributed by atoms with Gasteiger partial charge < -0.3 is 15.7 Å². The molecule has 1 aromatic rings. The molecule has 0 aliphatic carbocycles. The van der Waals surface area contributed by atoms with Gasteiger partial charge in [0.1, 0.15) is 5.75 Å². The first-order valence-corrected chi connectivity index (χ1v) is 5.48. The smallest absolute Gasteiger partial charge is 0.225 e. The molecule has 0 spiro atoms. The predicted molar refractivity (Wildman–Crippen MR) is 61.1 cm³/mol. The molecule has 2 amide bonds. The van der Waals surface area contributed by atoms with Crippen LogP contribution in [0.25, 0.3) is 0 Å². The van der Waals surface area contributed by atoms with Crippen molar-refractivity contribution in [2.24, 2.45) is 5.92 Å². The number of hydrogen-bond acceptors (Lipinski definition) is 3. The highest BCUT2D eigenvalue weighted by atomic mass is 16.3. The molecule has 1 aliphatic rings. The first kappa shape index (κ1) is 11.4. The van der Waals surface area contributed by atoms with Crippen LogP contribution in [-0.2, 0) is 16.1 Å². The van der Waals surface area contributed by atoms with Gasteiger partial charge in [-0.25, -0.2) is 0 Å². The van der Waals surface area contributed by atoms with Crippen LogP contribution in [0.15, 0.2) is 24.3 Å². The lowest BCUT2D eigenvalue weighted by atomic mass is 10.1. The third-order valence-electron chi connectivity index (χ3n) is 2.79. The van der Waals surface area contributed by atoms with E-state index < -0.39 is 0 Å². The fourth-order valence-electron chi connectivity index (χ4n) is 1.78. The second-order valence-corrected chi connectivity index (χ2v) is 4.05. The third kappa shape index (κ3) is 2.75. The van der Waals surface area contributed by atoms with E-state index in [0.717, 1.165) is 0 Å². The fraction of sp³-hybridized carbons (Fsp3) is 0.333. The number of benzene rings is 1. The molecule has 0 saturated carbocycles. The summed E-state index contributed by atoms with van der Waals surface area (Å²) in [6.45, 7) is 0.668. The largest absolute Gasteiger partial charge is 0.508 e. The highest BCUT2D eigenvalue weighted by molar-refractivity contribution is 5.89. The van der Waals surface area contributed by atoms with E-state index in [1.54, 1.807) is 24.3 Å². The van der Waals surface area contributed by atoms with Crippen LogP contribution < -0.4 is 10.6 Å². The SMILES string of the molecule is O=C1CC(C(=O)NCc2ccccc2O)CN1. The van der Waals surface area contributed by atoms with Crippen molar-refractivity contribution in [1.29, 1.82) is 0 Å². The molecule has 5 heteroatoms. The standard InChI is InChI=1S/C12H14N2O3/c15-10-4-2-1-3-8(10)6-14-12(17)9-5-11(16)13-7-9/h1-4,9,15H,5-7H2,(H,13,16)(H,14,17). The molecule has 1 fully saturated rings. The Morgan fingerprint density at radius 1 is 1.47 bits per heavy atom. The van der Waals surface area contributed by atoms with E-state index in [2.05, 4.69) is 10.6 Å². The van der Waals surface area contributed by atoms with Crippen molar-refractivity contribution in [3.05, 3.63) is 29.8 Å². The van der Waals surface area contributed by atoms with Crippen LogP contribution in [0.1, 0.15) is 12.0 Å². The molecule has 0 bridgehead atoms. The van der Waals surface area contributed by atoms with Crippen molar-refractivity contribution in [2.45, 2.75) is 13.0 Å². The molecule has 1 aliphatic heterocycles. The van der Waals surface area contributed by atoms with E-state index >= 15 is 0 Å². The number of nitrogens with one attached hydrogen (secondary N) is 2. The van der Waals surface area contributed by atoms with Gasteiger partial charge in [0.15, 0.2) is 0 Å². The van der Waals surface area contributed by atoms with Crippen LogP contribution in [-0.4, -0.2) is 23.5 Å². The third-order valence-corrected chi connectivity index (χ3v) is 2.79. The Bertz CT molecular complexity index is 445. The van der Waals surface area contributed by atoms with Crippen LogP contribution in [0.5, 0.6) is 5.75 Å². The Morgan fingerprint density at radius 2 is 2.24 bits per heavy atom. The highest BCUT2D eigenvalue weighted by Gasteiger charge is 2.27. The minimum absolute atomic E-state index is 0.0901. The van der Waals surface area contributed by atoms with E-state index in [1.807, 2.05) is 0 Å². The maximum atomic E-state index is 11.7.